The van der Waals surface area contributed by atoms with Crippen LogP contribution in [0.4, 0.5) is 10.1 Å². The molecule has 2 rings (SSSR count). The van der Waals surface area contributed by atoms with Crippen LogP contribution in [0.15, 0.2) is 30.4 Å². The van der Waals surface area contributed by atoms with Crippen molar-refractivity contribution in [1.82, 2.24) is 0 Å². The monoisotopic (exact) mass is 264 g/mol. The number of nitrogens with one attached hydrogen (secondary N) is 1. The van der Waals surface area contributed by atoms with Gasteiger partial charge in [0.25, 0.3) is 0 Å². The van der Waals surface area contributed by atoms with Crippen molar-refractivity contribution in [1.29, 1.82) is 0 Å². The Balaban J connectivity index is 2.10. The lowest BCUT2D eigenvalue weighted by molar-refractivity contribution is -0.118. The van der Waals surface area contributed by atoms with Crippen molar-refractivity contribution in [2.75, 3.05) is 11.9 Å². The quantitative estimate of drug-likeness (QED) is 0.818. The first-order valence-electron chi connectivity index (χ1n) is 6.27. The first kappa shape index (κ1) is 13.5. The third-order valence-corrected chi connectivity index (χ3v) is 2.95. The van der Waals surface area contributed by atoms with Gasteiger partial charge in [-0.25, -0.2) is 4.39 Å². The highest BCUT2D eigenvalue weighted by atomic mass is 19.1. The predicted octanol–water partition coefficient (Wildman–Crippen LogP) is 2.07. The van der Waals surface area contributed by atoms with E-state index in [1.807, 2.05) is 6.08 Å². The highest BCUT2D eigenvalue weighted by molar-refractivity contribution is 5.95. The van der Waals surface area contributed by atoms with Gasteiger partial charge < -0.3 is 15.8 Å². The molecule has 0 bridgehead atoms. The molecule has 0 heterocycles. The van der Waals surface area contributed by atoms with Crippen LogP contribution in [0.5, 0.6) is 5.75 Å². The van der Waals surface area contributed by atoms with Crippen LogP contribution in [-0.4, -0.2) is 18.6 Å². The van der Waals surface area contributed by atoms with Crippen molar-refractivity contribution in [3.8, 4) is 5.75 Å². The molecule has 0 saturated heterocycles. The zero-order valence-electron chi connectivity index (χ0n) is 10.7. The second-order valence-corrected chi connectivity index (χ2v) is 4.45. The highest BCUT2D eigenvalue weighted by Gasteiger charge is 2.23. The van der Waals surface area contributed by atoms with Gasteiger partial charge in [0.15, 0.2) is 0 Å². The fourth-order valence-corrected chi connectivity index (χ4v) is 2.02. The van der Waals surface area contributed by atoms with Crippen LogP contribution in [0.2, 0.25) is 0 Å². The number of benzene rings is 1. The molecule has 1 amide bonds. The summed E-state index contributed by atoms with van der Waals surface area (Å²) in [6.07, 6.45) is 4.21. The van der Waals surface area contributed by atoms with Crippen molar-refractivity contribution >= 4 is 11.6 Å². The Morgan fingerprint density at radius 1 is 1.53 bits per heavy atom. The van der Waals surface area contributed by atoms with Crippen LogP contribution in [0, 0.1) is 11.7 Å². The van der Waals surface area contributed by atoms with Crippen molar-refractivity contribution in [3.63, 3.8) is 0 Å². The topological polar surface area (TPSA) is 64.3 Å². The minimum absolute atomic E-state index is 0.0738. The molecule has 2 unspecified atom stereocenters. The lowest BCUT2D eigenvalue weighted by Gasteiger charge is -2.14. The SMILES string of the molecule is CCOc1cc(F)ccc1NC(=O)C1C=CC(N)C1. The number of carbonyl (C=O) groups excluding carboxylic acids is 1. The maximum Gasteiger partial charge on any atom is 0.231 e. The van der Waals surface area contributed by atoms with Gasteiger partial charge in [0.2, 0.25) is 5.91 Å². The van der Waals surface area contributed by atoms with Crippen LogP contribution in [-0.2, 0) is 4.79 Å². The standard InChI is InChI=1S/C14H17FN2O2/c1-2-19-13-8-10(15)4-6-12(13)17-14(18)9-3-5-11(16)7-9/h3-6,8-9,11H,2,7,16H2,1H3,(H,17,18). The summed E-state index contributed by atoms with van der Waals surface area (Å²) in [6, 6.07) is 3.97. The molecule has 1 aliphatic rings. The maximum absolute atomic E-state index is 13.1. The summed E-state index contributed by atoms with van der Waals surface area (Å²) in [4.78, 5) is 12.0. The third kappa shape index (κ3) is 3.32. The number of hydrogen-bond donors (Lipinski definition) is 2. The molecule has 5 heteroatoms. The van der Waals surface area contributed by atoms with Crippen LogP contribution in [0.3, 0.4) is 0 Å². The Bertz CT molecular complexity index is 502. The smallest absolute Gasteiger partial charge is 0.231 e. The molecule has 4 nitrogen and oxygen atoms in total. The Hall–Kier alpha value is -1.88. The lowest BCUT2D eigenvalue weighted by atomic mass is 10.1. The summed E-state index contributed by atoms with van der Waals surface area (Å²) in [5, 5.41) is 2.75. The zero-order chi connectivity index (χ0) is 13.8. The number of rotatable bonds is 4. The Morgan fingerprint density at radius 2 is 2.32 bits per heavy atom. The van der Waals surface area contributed by atoms with Gasteiger partial charge in [0, 0.05) is 12.1 Å². The second kappa shape index (κ2) is 5.84. The van der Waals surface area contributed by atoms with Crippen molar-refractivity contribution in [2.24, 2.45) is 11.7 Å². The lowest BCUT2D eigenvalue weighted by Crippen LogP contribution is -2.24. The molecule has 0 aliphatic heterocycles. The van der Waals surface area contributed by atoms with Gasteiger partial charge >= 0.3 is 0 Å². The van der Waals surface area contributed by atoms with E-state index < -0.39 is 5.82 Å². The first-order chi connectivity index (χ1) is 9.10. The average Bonchev–Trinajstić information content (AvgIpc) is 2.80. The van der Waals surface area contributed by atoms with Gasteiger partial charge in [-0.3, -0.25) is 4.79 Å². The van der Waals surface area contributed by atoms with E-state index in [9.17, 15) is 9.18 Å². The van der Waals surface area contributed by atoms with E-state index in [-0.39, 0.29) is 17.9 Å². The van der Waals surface area contributed by atoms with Crippen molar-refractivity contribution < 1.29 is 13.9 Å². The minimum Gasteiger partial charge on any atom is -0.492 e. The molecule has 0 saturated carbocycles. The summed E-state index contributed by atoms with van der Waals surface area (Å²) in [7, 11) is 0. The Morgan fingerprint density at radius 3 is 2.95 bits per heavy atom. The molecular weight excluding hydrogens is 247 g/mol. The van der Waals surface area contributed by atoms with Crippen LogP contribution in [0.1, 0.15) is 13.3 Å². The summed E-state index contributed by atoms with van der Waals surface area (Å²) >= 11 is 0. The molecule has 102 valence electrons. The van der Waals surface area contributed by atoms with Gasteiger partial charge in [-0.15, -0.1) is 0 Å². The summed E-state index contributed by atoms with van der Waals surface area (Å²) in [5.41, 5.74) is 6.19. The normalized spacial score (nSPS) is 21.4. The van der Waals surface area contributed by atoms with E-state index in [0.717, 1.165) is 0 Å². The molecule has 0 fully saturated rings. The number of ether oxygens (including phenoxy) is 1. The summed E-state index contributed by atoms with van der Waals surface area (Å²) in [6.45, 7) is 2.20. The first-order valence-corrected chi connectivity index (χ1v) is 6.27. The van der Waals surface area contributed by atoms with E-state index in [1.54, 1.807) is 13.0 Å². The maximum atomic E-state index is 13.1. The fraction of sp³-hybridized carbons (Fsp3) is 0.357. The number of anilines is 1. The van der Waals surface area contributed by atoms with Crippen LogP contribution in [0.25, 0.3) is 0 Å². The van der Waals surface area contributed by atoms with Crippen molar-refractivity contribution in [3.05, 3.63) is 36.2 Å². The molecule has 0 radical (unpaired) electrons. The van der Waals surface area contributed by atoms with Gasteiger partial charge in [-0.05, 0) is 25.5 Å². The van der Waals surface area contributed by atoms with E-state index in [2.05, 4.69) is 5.32 Å². The van der Waals surface area contributed by atoms with E-state index in [4.69, 9.17) is 10.5 Å². The molecule has 1 aromatic rings. The molecule has 19 heavy (non-hydrogen) atoms. The molecule has 0 spiro atoms. The second-order valence-electron chi connectivity index (χ2n) is 4.45. The van der Waals surface area contributed by atoms with Crippen LogP contribution >= 0.6 is 0 Å². The molecule has 3 N–H and O–H groups in total. The third-order valence-electron chi connectivity index (χ3n) is 2.95. The van der Waals surface area contributed by atoms with Gasteiger partial charge in [-0.1, -0.05) is 12.2 Å². The number of nitrogens with two attached hydrogens (primary N) is 1. The molecule has 1 aromatic carbocycles. The van der Waals surface area contributed by atoms with Crippen LogP contribution < -0.4 is 15.8 Å². The summed E-state index contributed by atoms with van der Waals surface area (Å²) in [5.74, 6) is -0.461. The molecular formula is C14H17FN2O2. The minimum atomic E-state index is -0.399. The van der Waals surface area contributed by atoms with Gasteiger partial charge in [-0.2, -0.15) is 0 Å². The molecule has 2 atom stereocenters. The van der Waals surface area contributed by atoms with E-state index in [0.29, 0.717) is 24.5 Å². The highest BCUT2D eigenvalue weighted by Crippen LogP contribution is 2.27. The van der Waals surface area contributed by atoms with Crippen molar-refractivity contribution in [2.45, 2.75) is 19.4 Å². The number of halogens is 1. The zero-order valence-corrected chi connectivity index (χ0v) is 10.7. The summed E-state index contributed by atoms with van der Waals surface area (Å²) < 4.78 is 18.4. The number of amides is 1. The van der Waals surface area contributed by atoms with Gasteiger partial charge in [0.1, 0.15) is 11.6 Å². The average molecular weight is 264 g/mol. The fourth-order valence-electron chi connectivity index (χ4n) is 2.02. The van der Waals surface area contributed by atoms with E-state index >= 15 is 0 Å². The Kier molecular flexibility index (Phi) is 4.16. The number of hydrogen-bond acceptors (Lipinski definition) is 3. The molecule has 1 aliphatic carbocycles. The number of carbonyl (C=O) groups is 1. The largest absolute Gasteiger partial charge is 0.492 e. The molecule has 0 aromatic heterocycles. The predicted molar refractivity (Wildman–Crippen MR) is 71.4 cm³/mol. The van der Waals surface area contributed by atoms with Gasteiger partial charge in [0.05, 0.1) is 18.2 Å². The van der Waals surface area contributed by atoms with E-state index in [1.165, 1.54) is 18.2 Å². The Labute approximate surface area is 111 Å².